The fraction of sp³-hybridized carbons (Fsp3) is 0.182. The zero-order chi connectivity index (χ0) is 9.97. The number of aryl methyl sites for hydroxylation is 1. The Morgan fingerprint density at radius 1 is 1.27 bits per heavy atom. The zero-order valence-corrected chi connectivity index (χ0v) is 9.37. The van der Waals surface area contributed by atoms with Gasteiger partial charge in [-0.3, -0.25) is 4.68 Å². The van der Waals surface area contributed by atoms with Crippen LogP contribution in [0.3, 0.4) is 0 Å². The summed E-state index contributed by atoms with van der Waals surface area (Å²) in [5, 5.41) is 4.13. The third-order valence-corrected chi connectivity index (χ3v) is 2.12. The predicted octanol–water partition coefficient (Wildman–Crippen LogP) is 2.24. The van der Waals surface area contributed by atoms with Crippen LogP contribution >= 0.6 is 12.4 Å². The van der Waals surface area contributed by atoms with E-state index < -0.39 is 0 Å². The number of nitrogen functional groups attached to an aromatic ring is 1. The molecule has 2 rings (SSSR count). The van der Waals surface area contributed by atoms with Crippen LogP contribution in [-0.4, -0.2) is 9.78 Å². The Kier molecular flexibility index (Phi) is 3.74. The first-order valence-electron chi connectivity index (χ1n) is 4.57. The lowest BCUT2D eigenvalue weighted by Gasteiger charge is -2.01. The van der Waals surface area contributed by atoms with E-state index in [1.165, 1.54) is 11.1 Å². The summed E-state index contributed by atoms with van der Waals surface area (Å²) in [5.74, 6) is 0. The molecule has 0 aliphatic carbocycles. The highest BCUT2D eigenvalue weighted by Crippen LogP contribution is 2.06. The van der Waals surface area contributed by atoms with Crippen LogP contribution in [0.5, 0.6) is 0 Å². The van der Waals surface area contributed by atoms with Gasteiger partial charge in [-0.1, -0.05) is 29.8 Å². The first-order valence-corrected chi connectivity index (χ1v) is 4.57. The van der Waals surface area contributed by atoms with E-state index in [4.69, 9.17) is 5.73 Å². The molecule has 1 aromatic carbocycles. The highest BCUT2D eigenvalue weighted by Gasteiger charge is 1.96. The molecule has 0 aliphatic rings. The van der Waals surface area contributed by atoms with Gasteiger partial charge in [-0.2, -0.15) is 5.10 Å². The topological polar surface area (TPSA) is 43.8 Å². The van der Waals surface area contributed by atoms with Crippen molar-refractivity contribution in [2.24, 2.45) is 0 Å². The van der Waals surface area contributed by atoms with Crippen LogP contribution in [0.1, 0.15) is 11.1 Å². The van der Waals surface area contributed by atoms with Gasteiger partial charge < -0.3 is 5.73 Å². The molecule has 1 aromatic heterocycles. The van der Waals surface area contributed by atoms with Gasteiger partial charge in [-0.25, -0.2) is 0 Å². The van der Waals surface area contributed by atoms with Crippen molar-refractivity contribution in [3.8, 4) is 0 Å². The highest BCUT2D eigenvalue weighted by atomic mass is 35.5. The Hall–Kier alpha value is -1.48. The number of nitrogens with two attached hydrogens (primary N) is 1. The van der Waals surface area contributed by atoms with Gasteiger partial charge in [0, 0.05) is 6.20 Å². The van der Waals surface area contributed by atoms with Crippen LogP contribution in [0.4, 0.5) is 5.69 Å². The van der Waals surface area contributed by atoms with Gasteiger partial charge in [-0.05, 0) is 12.5 Å². The van der Waals surface area contributed by atoms with Crippen LogP contribution in [-0.2, 0) is 6.54 Å². The minimum atomic E-state index is 0. The Labute approximate surface area is 95.3 Å². The molecule has 0 radical (unpaired) electrons. The maximum absolute atomic E-state index is 5.57. The van der Waals surface area contributed by atoms with Crippen LogP contribution < -0.4 is 5.73 Å². The number of anilines is 1. The van der Waals surface area contributed by atoms with Crippen molar-refractivity contribution in [2.45, 2.75) is 13.5 Å². The lowest BCUT2D eigenvalue weighted by atomic mass is 10.1. The minimum absolute atomic E-state index is 0. The molecule has 0 aliphatic heterocycles. The molecule has 0 fully saturated rings. The monoisotopic (exact) mass is 223 g/mol. The molecule has 1 heterocycles. The molecule has 0 saturated carbocycles. The summed E-state index contributed by atoms with van der Waals surface area (Å²) in [4.78, 5) is 0. The van der Waals surface area contributed by atoms with E-state index in [1.807, 2.05) is 10.9 Å². The Bertz CT molecular complexity index is 420. The molecule has 2 N–H and O–H groups in total. The molecule has 0 saturated heterocycles. The molecule has 80 valence electrons. The molecule has 15 heavy (non-hydrogen) atoms. The second-order valence-corrected chi connectivity index (χ2v) is 3.46. The number of nitrogens with zero attached hydrogens (tertiary/aromatic N) is 2. The van der Waals surface area contributed by atoms with Crippen LogP contribution in [0, 0.1) is 6.92 Å². The molecule has 0 bridgehead atoms. The first-order chi connectivity index (χ1) is 6.74. The van der Waals surface area contributed by atoms with Crippen molar-refractivity contribution < 1.29 is 0 Å². The van der Waals surface area contributed by atoms with E-state index in [0.29, 0.717) is 5.69 Å². The summed E-state index contributed by atoms with van der Waals surface area (Å²) >= 11 is 0. The number of aromatic nitrogens is 2. The van der Waals surface area contributed by atoms with Crippen molar-refractivity contribution in [1.29, 1.82) is 0 Å². The van der Waals surface area contributed by atoms with Crippen LogP contribution in [0.2, 0.25) is 0 Å². The standard InChI is InChI=1S/C11H13N3.ClH/c1-9-2-4-10(5-3-9)7-14-8-11(12)6-13-14;/h2-6,8H,7,12H2,1H3;1H. The summed E-state index contributed by atoms with van der Waals surface area (Å²) < 4.78 is 1.83. The Morgan fingerprint density at radius 2 is 1.93 bits per heavy atom. The van der Waals surface area contributed by atoms with Crippen LogP contribution in [0.15, 0.2) is 36.7 Å². The average Bonchev–Trinajstić information content (AvgIpc) is 2.56. The minimum Gasteiger partial charge on any atom is -0.396 e. The summed E-state index contributed by atoms with van der Waals surface area (Å²) in [7, 11) is 0. The Balaban J connectivity index is 0.00000112. The molecule has 2 aromatic rings. The summed E-state index contributed by atoms with van der Waals surface area (Å²) in [6.45, 7) is 2.85. The molecular formula is C11H14ClN3. The highest BCUT2D eigenvalue weighted by molar-refractivity contribution is 5.85. The Morgan fingerprint density at radius 3 is 2.47 bits per heavy atom. The van der Waals surface area contributed by atoms with Crippen molar-refractivity contribution in [3.63, 3.8) is 0 Å². The van der Waals surface area contributed by atoms with E-state index in [-0.39, 0.29) is 12.4 Å². The van der Waals surface area contributed by atoms with E-state index in [9.17, 15) is 0 Å². The third kappa shape index (κ3) is 2.99. The lowest BCUT2D eigenvalue weighted by molar-refractivity contribution is 0.687. The van der Waals surface area contributed by atoms with E-state index in [1.54, 1.807) is 6.20 Å². The molecule has 0 unspecified atom stereocenters. The summed E-state index contributed by atoms with van der Waals surface area (Å²) in [5.41, 5.74) is 8.79. The fourth-order valence-corrected chi connectivity index (χ4v) is 1.35. The smallest absolute Gasteiger partial charge is 0.0719 e. The first kappa shape index (κ1) is 11.6. The van der Waals surface area contributed by atoms with Crippen molar-refractivity contribution in [3.05, 3.63) is 47.8 Å². The van der Waals surface area contributed by atoms with Gasteiger partial charge in [0.05, 0.1) is 18.4 Å². The van der Waals surface area contributed by atoms with E-state index in [0.717, 1.165) is 6.54 Å². The maximum Gasteiger partial charge on any atom is 0.0719 e. The number of hydrogen-bond donors (Lipinski definition) is 1. The van der Waals surface area contributed by atoms with Crippen LogP contribution in [0.25, 0.3) is 0 Å². The van der Waals surface area contributed by atoms with Crippen molar-refractivity contribution in [1.82, 2.24) is 9.78 Å². The summed E-state index contributed by atoms with van der Waals surface area (Å²) in [6.07, 6.45) is 3.49. The fourth-order valence-electron chi connectivity index (χ4n) is 1.35. The molecule has 0 amide bonds. The van der Waals surface area contributed by atoms with Gasteiger partial charge in [0.2, 0.25) is 0 Å². The van der Waals surface area contributed by atoms with Gasteiger partial charge in [-0.15, -0.1) is 12.4 Å². The largest absolute Gasteiger partial charge is 0.396 e. The summed E-state index contributed by atoms with van der Waals surface area (Å²) in [6, 6.07) is 8.41. The van der Waals surface area contributed by atoms with Gasteiger partial charge in [0.15, 0.2) is 0 Å². The predicted molar refractivity (Wildman–Crippen MR) is 64.2 cm³/mol. The SMILES string of the molecule is Cc1ccc(Cn2cc(N)cn2)cc1.Cl. The molecular weight excluding hydrogens is 210 g/mol. The van der Waals surface area contributed by atoms with Crippen molar-refractivity contribution in [2.75, 3.05) is 5.73 Å². The maximum atomic E-state index is 5.57. The third-order valence-electron chi connectivity index (χ3n) is 2.12. The molecule has 4 heteroatoms. The zero-order valence-electron chi connectivity index (χ0n) is 8.55. The van der Waals surface area contributed by atoms with E-state index >= 15 is 0 Å². The molecule has 0 spiro atoms. The number of benzene rings is 1. The number of halogens is 1. The normalized spacial score (nSPS) is 9.67. The second kappa shape index (κ2) is 4.84. The molecule has 3 nitrogen and oxygen atoms in total. The number of hydrogen-bond acceptors (Lipinski definition) is 2. The number of rotatable bonds is 2. The van der Waals surface area contributed by atoms with Crippen molar-refractivity contribution >= 4 is 18.1 Å². The quantitative estimate of drug-likeness (QED) is 0.849. The van der Waals surface area contributed by atoms with E-state index in [2.05, 4.69) is 36.3 Å². The molecule has 0 atom stereocenters. The second-order valence-electron chi connectivity index (χ2n) is 3.46. The lowest BCUT2D eigenvalue weighted by Crippen LogP contribution is -1.99. The average molecular weight is 224 g/mol. The van der Waals surface area contributed by atoms with Gasteiger partial charge >= 0.3 is 0 Å². The van der Waals surface area contributed by atoms with Gasteiger partial charge in [0.25, 0.3) is 0 Å². The van der Waals surface area contributed by atoms with Gasteiger partial charge in [0.1, 0.15) is 0 Å².